The molecular formula is C24H16N2O. The van der Waals surface area contributed by atoms with Gasteiger partial charge in [0.15, 0.2) is 0 Å². The van der Waals surface area contributed by atoms with Crippen molar-refractivity contribution in [2.24, 2.45) is 0 Å². The molecule has 0 fully saturated rings. The van der Waals surface area contributed by atoms with Crippen LogP contribution in [-0.2, 0) is 0 Å². The average Bonchev–Trinajstić information content (AvgIpc) is 2.75. The maximum absolute atomic E-state index is 6.33. The Bertz CT molecular complexity index is 1180. The van der Waals surface area contributed by atoms with E-state index in [1.807, 2.05) is 42.7 Å². The number of fused-ring (bicyclic) bond motifs is 2. The van der Waals surface area contributed by atoms with Crippen LogP contribution in [0.3, 0.4) is 0 Å². The zero-order valence-electron chi connectivity index (χ0n) is 14.5. The number of hydrogen-bond donors (Lipinski definition) is 0. The van der Waals surface area contributed by atoms with Crippen molar-refractivity contribution >= 4 is 21.5 Å². The first-order chi connectivity index (χ1) is 13.4. The summed E-state index contributed by atoms with van der Waals surface area (Å²) in [7, 11) is 0. The quantitative estimate of drug-likeness (QED) is 0.362. The molecule has 0 atom stereocenters. The fourth-order valence-electron chi connectivity index (χ4n) is 3.53. The third-order valence-electron chi connectivity index (χ3n) is 4.71. The van der Waals surface area contributed by atoms with Gasteiger partial charge >= 0.3 is 0 Å². The van der Waals surface area contributed by atoms with Crippen molar-refractivity contribution in [1.29, 1.82) is 0 Å². The zero-order valence-corrected chi connectivity index (χ0v) is 14.5. The second kappa shape index (κ2) is 6.54. The number of pyridine rings is 2. The van der Waals surface area contributed by atoms with E-state index in [2.05, 4.69) is 52.4 Å². The summed E-state index contributed by atoms with van der Waals surface area (Å²) in [5.41, 5.74) is 2.35. The molecule has 0 amide bonds. The van der Waals surface area contributed by atoms with E-state index in [-0.39, 0.29) is 0 Å². The third kappa shape index (κ3) is 2.70. The lowest BCUT2D eigenvalue weighted by atomic mass is 9.92. The molecule has 0 aliphatic rings. The van der Waals surface area contributed by atoms with E-state index in [9.17, 15) is 0 Å². The Morgan fingerprint density at radius 2 is 1.22 bits per heavy atom. The molecule has 0 saturated carbocycles. The van der Waals surface area contributed by atoms with Gasteiger partial charge in [-0.05, 0) is 34.7 Å². The first-order valence-corrected chi connectivity index (χ1v) is 8.83. The smallest absolute Gasteiger partial charge is 0.143 e. The Kier molecular flexibility index (Phi) is 3.76. The van der Waals surface area contributed by atoms with E-state index in [1.165, 1.54) is 11.1 Å². The van der Waals surface area contributed by atoms with Gasteiger partial charge in [0.2, 0.25) is 0 Å². The van der Waals surface area contributed by atoms with E-state index in [4.69, 9.17) is 4.74 Å². The van der Waals surface area contributed by atoms with Crippen LogP contribution in [0.2, 0.25) is 0 Å². The largest absolute Gasteiger partial charge is 0.456 e. The molecular weight excluding hydrogens is 332 g/mol. The molecule has 27 heavy (non-hydrogen) atoms. The van der Waals surface area contributed by atoms with Gasteiger partial charge < -0.3 is 4.74 Å². The van der Waals surface area contributed by atoms with Gasteiger partial charge in [-0.3, -0.25) is 9.97 Å². The van der Waals surface area contributed by atoms with Crippen molar-refractivity contribution in [3.63, 3.8) is 0 Å². The Morgan fingerprint density at radius 3 is 2.04 bits per heavy atom. The molecule has 0 aliphatic heterocycles. The molecule has 0 aliphatic carbocycles. The predicted octanol–water partition coefficient (Wildman–Crippen LogP) is 6.24. The first-order valence-electron chi connectivity index (χ1n) is 8.83. The molecule has 3 heteroatoms. The Labute approximate surface area is 156 Å². The number of aromatic nitrogens is 2. The lowest BCUT2D eigenvalue weighted by Gasteiger charge is -2.17. The molecule has 0 radical (unpaired) electrons. The highest BCUT2D eigenvalue weighted by molar-refractivity contribution is 6.16. The molecule has 128 valence electrons. The van der Waals surface area contributed by atoms with Crippen LogP contribution >= 0.6 is 0 Å². The van der Waals surface area contributed by atoms with Gasteiger partial charge in [0.25, 0.3) is 0 Å². The molecule has 0 N–H and O–H groups in total. The van der Waals surface area contributed by atoms with E-state index in [0.29, 0.717) is 0 Å². The van der Waals surface area contributed by atoms with E-state index < -0.39 is 0 Å². The highest BCUT2D eigenvalue weighted by Gasteiger charge is 2.16. The van der Waals surface area contributed by atoms with Crippen molar-refractivity contribution in [3.05, 3.63) is 97.6 Å². The van der Waals surface area contributed by atoms with Crippen LogP contribution in [0, 0.1) is 0 Å². The van der Waals surface area contributed by atoms with Crippen LogP contribution in [-0.4, -0.2) is 9.97 Å². The minimum atomic E-state index is 0.765. The minimum Gasteiger partial charge on any atom is -0.456 e. The van der Waals surface area contributed by atoms with Crippen LogP contribution in [0.15, 0.2) is 97.6 Å². The third-order valence-corrected chi connectivity index (χ3v) is 4.71. The predicted molar refractivity (Wildman–Crippen MR) is 109 cm³/mol. The summed E-state index contributed by atoms with van der Waals surface area (Å²) in [4.78, 5) is 8.46. The number of rotatable bonds is 3. The Morgan fingerprint density at radius 1 is 0.556 bits per heavy atom. The van der Waals surface area contributed by atoms with Gasteiger partial charge in [0.1, 0.15) is 11.5 Å². The maximum Gasteiger partial charge on any atom is 0.143 e. The summed E-state index contributed by atoms with van der Waals surface area (Å²) in [5.74, 6) is 1.61. The molecule has 3 aromatic carbocycles. The summed E-state index contributed by atoms with van der Waals surface area (Å²) in [6.45, 7) is 0. The molecule has 2 heterocycles. The number of ether oxygens (including phenoxy) is 1. The van der Waals surface area contributed by atoms with Crippen molar-refractivity contribution < 1.29 is 4.74 Å². The Balaban J connectivity index is 1.89. The highest BCUT2D eigenvalue weighted by atomic mass is 16.5. The summed E-state index contributed by atoms with van der Waals surface area (Å²) >= 11 is 0. The number of nitrogens with zero attached hydrogens (tertiary/aromatic N) is 2. The van der Waals surface area contributed by atoms with Crippen molar-refractivity contribution in [2.45, 2.75) is 0 Å². The Hall–Kier alpha value is -3.72. The second-order valence-corrected chi connectivity index (χ2v) is 6.32. The fraction of sp³-hybridized carbons (Fsp3) is 0. The molecule has 2 aromatic heterocycles. The highest BCUT2D eigenvalue weighted by Crippen LogP contribution is 2.43. The van der Waals surface area contributed by atoms with Gasteiger partial charge in [-0.1, -0.05) is 54.6 Å². The normalized spacial score (nSPS) is 11.0. The standard InChI is InChI=1S/C24H16N2O/c1-2-6-17(7-3-1)23-19-8-4-5-9-20(19)24(21-12-15-26-16-22(21)23)27-18-10-13-25-14-11-18/h1-16H. The van der Waals surface area contributed by atoms with Crippen LogP contribution in [0.4, 0.5) is 0 Å². The van der Waals surface area contributed by atoms with E-state index >= 15 is 0 Å². The van der Waals surface area contributed by atoms with Gasteiger partial charge in [0, 0.05) is 40.9 Å². The monoisotopic (exact) mass is 348 g/mol. The summed E-state index contributed by atoms with van der Waals surface area (Å²) < 4.78 is 6.33. The van der Waals surface area contributed by atoms with E-state index in [1.54, 1.807) is 12.4 Å². The van der Waals surface area contributed by atoms with E-state index in [0.717, 1.165) is 33.0 Å². The van der Waals surface area contributed by atoms with Crippen molar-refractivity contribution in [3.8, 4) is 22.6 Å². The van der Waals surface area contributed by atoms with Crippen LogP contribution < -0.4 is 4.74 Å². The summed E-state index contributed by atoms with van der Waals surface area (Å²) in [6.07, 6.45) is 7.20. The second-order valence-electron chi connectivity index (χ2n) is 6.32. The van der Waals surface area contributed by atoms with Gasteiger partial charge in [-0.15, -0.1) is 0 Å². The molecule has 5 rings (SSSR count). The lowest BCUT2D eigenvalue weighted by Crippen LogP contribution is -1.92. The van der Waals surface area contributed by atoms with Gasteiger partial charge in [0.05, 0.1) is 0 Å². The minimum absolute atomic E-state index is 0.765. The summed E-state index contributed by atoms with van der Waals surface area (Å²) in [5, 5.41) is 4.34. The van der Waals surface area contributed by atoms with Gasteiger partial charge in [-0.25, -0.2) is 0 Å². The van der Waals surface area contributed by atoms with Crippen molar-refractivity contribution in [1.82, 2.24) is 9.97 Å². The molecule has 0 saturated heterocycles. The fourth-order valence-corrected chi connectivity index (χ4v) is 3.53. The van der Waals surface area contributed by atoms with Crippen LogP contribution in [0.5, 0.6) is 11.5 Å². The molecule has 0 unspecified atom stereocenters. The molecule has 3 nitrogen and oxygen atoms in total. The zero-order chi connectivity index (χ0) is 18.1. The maximum atomic E-state index is 6.33. The first kappa shape index (κ1) is 15.5. The van der Waals surface area contributed by atoms with Gasteiger partial charge in [-0.2, -0.15) is 0 Å². The topological polar surface area (TPSA) is 35.0 Å². The van der Waals surface area contributed by atoms with Crippen LogP contribution in [0.1, 0.15) is 0 Å². The van der Waals surface area contributed by atoms with Crippen LogP contribution in [0.25, 0.3) is 32.7 Å². The number of benzene rings is 3. The molecule has 0 bridgehead atoms. The average molecular weight is 348 g/mol. The molecule has 0 spiro atoms. The van der Waals surface area contributed by atoms with Crippen molar-refractivity contribution in [2.75, 3.05) is 0 Å². The summed E-state index contributed by atoms with van der Waals surface area (Å²) in [6, 6.07) is 24.5. The molecule has 5 aromatic rings. The lowest BCUT2D eigenvalue weighted by molar-refractivity contribution is 0.493. The SMILES string of the molecule is c1ccc(-c2c3ccccc3c(Oc3ccncc3)c3ccncc23)cc1. The number of hydrogen-bond acceptors (Lipinski definition) is 3.